The second kappa shape index (κ2) is 21.2. The fourth-order valence-corrected chi connectivity index (χ4v) is 18.4. The van der Waals surface area contributed by atoms with Gasteiger partial charge in [-0.2, -0.15) is 4.39 Å². The van der Waals surface area contributed by atoms with Crippen LogP contribution in [0.3, 0.4) is 0 Å². The highest BCUT2D eigenvalue weighted by Crippen LogP contribution is 2.51. The molecule has 0 amide bonds. The number of hydrogen-bond acceptors (Lipinski definition) is 1. The summed E-state index contributed by atoms with van der Waals surface area (Å²) in [6, 6.07) is 9.45. The number of halogens is 6. The lowest BCUT2D eigenvalue weighted by Crippen LogP contribution is -2.48. The van der Waals surface area contributed by atoms with Crippen LogP contribution in [0, 0.1) is 23.6 Å². The minimum Gasteiger partial charge on any atom is -0.539 e. The van der Waals surface area contributed by atoms with E-state index in [1.165, 1.54) is 61.9 Å². The second-order valence-electron chi connectivity index (χ2n) is 16.7. The van der Waals surface area contributed by atoms with Gasteiger partial charge in [-0.25, -0.2) is 22.0 Å². The van der Waals surface area contributed by atoms with E-state index in [9.17, 15) is 13.2 Å². The molecule has 3 rings (SSSR count). The van der Waals surface area contributed by atoms with Crippen molar-refractivity contribution in [2.24, 2.45) is 0 Å². The molecule has 1 aromatic carbocycles. The summed E-state index contributed by atoms with van der Waals surface area (Å²) < 4.78 is 96.8. The molecule has 0 aliphatic heterocycles. The van der Waals surface area contributed by atoms with Crippen molar-refractivity contribution >= 4 is 30.3 Å². The third-order valence-electron chi connectivity index (χ3n) is 13.4. The molecule has 0 aromatic heterocycles. The first kappa shape index (κ1) is 44.4. The van der Waals surface area contributed by atoms with Gasteiger partial charge in [0.05, 0.1) is 11.1 Å². The zero-order chi connectivity index (χ0) is 37.7. The Morgan fingerprint density at radius 1 is 0.490 bits per heavy atom. The molecule has 1 nitrogen and oxygen atoms in total. The van der Waals surface area contributed by atoms with Crippen LogP contribution in [0.2, 0.25) is 67.0 Å². The van der Waals surface area contributed by atoms with Gasteiger partial charge < -0.3 is 4.43 Å². The van der Waals surface area contributed by atoms with Gasteiger partial charge in [-0.1, -0.05) is 173 Å². The zero-order valence-electron chi connectivity index (χ0n) is 32.9. The van der Waals surface area contributed by atoms with Gasteiger partial charge in [0, 0.05) is 16.1 Å². The van der Waals surface area contributed by atoms with Crippen LogP contribution in [0.25, 0.3) is 5.83 Å². The lowest BCUT2D eigenvalue weighted by atomic mass is 10.0. The monoisotopic (exact) mass is 775 g/mol. The molecule has 10 heteroatoms. The summed E-state index contributed by atoms with van der Waals surface area (Å²) in [4.78, 5) is 0. The van der Waals surface area contributed by atoms with Crippen LogP contribution < -0.4 is 4.43 Å². The molecule has 293 valence electrons. The largest absolute Gasteiger partial charge is 0.539 e. The van der Waals surface area contributed by atoms with Crippen molar-refractivity contribution < 1.29 is 30.8 Å². The zero-order valence-corrected chi connectivity index (χ0v) is 35.9. The van der Waals surface area contributed by atoms with Crippen molar-refractivity contribution in [3.8, 4) is 5.75 Å². The van der Waals surface area contributed by atoms with E-state index in [-0.39, 0.29) is 5.54 Å². The molecule has 0 N–H and O–H groups in total. The second-order valence-corrected chi connectivity index (χ2v) is 32.0. The Labute approximate surface area is 310 Å². The molecular weight excluding hydrogens is 707 g/mol. The molecule has 2 aliphatic rings. The lowest BCUT2D eigenvalue weighted by molar-refractivity contribution is 0.373. The van der Waals surface area contributed by atoms with E-state index < -0.39 is 76.6 Å². The Balaban J connectivity index is 1.77. The highest BCUT2D eigenvalue weighted by Gasteiger charge is 2.48. The molecule has 1 aromatic rings. The van der Waals surface area contributed by atoms with Crippen LogP contribution >= 0.6 is 0 Å². The summed E-state index contributed by atoms with van der Waals surface area (Å²) in [5.41, 5.74) is -2.38. The van der Waals surface area contributed by atoms with Gasteiger partial charge in [0.2, 0.25) is 12.0 Å². The lowest BCUT2D eigenvalue weighted by Gasteiger charge is -2.41. The number of hydrogen-bond donors (Lipinski definition) is 0. The van der Waals surface area contributed by atoms with Gasteiger partial charge in [-0.05, 0) is 30.5 Å². The van der Waals surface area contributed by atoms with E-state index >= 15 is 13.2 Å². The van der Waals surface area contributed by atoms with Crippen LogP contribution in [0.1, 0.15) is 148 Å². The van der Waals surface area contributed by atoms with Crippen molar-refractivity contribution in [2.75, 3.05) is 0 Å². The van der Waals surface area contributed by atoms with E-state index in [4.69, 9.17) is 4.43 Å². The van der Waals surface area contributed by atoms with Gasteiger partial charge in [-0.15, -0.1) is 0 Å². The maximum atomic E-state index is 16.0. The van der Waals surface area contributed by atoms with E-state index in [2.05, 4.69) is 40.8 Å². The minimum absolute atomic E-state index is 0.137. The standard InChI is InChI=1S/C41H69F6OSi3/c1-7-49(5,8-2)28-22-15-11-13-17-24-30-51(32-26-20-19-21-27-32,31-25-18-14-12-16-23-29-50(6,9-3)10-4)48-41-38(45)34-33(37(44)40(41)47)35(42)39(46)36(34)43/h32H,7-31H2,1-6H3. The van der Waals surface area contributed by atoms with Crippen molar-refractivity contribution in [3.05, 3.63) is 40.6 Å². The van der Waals surface area contributed by atoms with Crippen molar-refractivity contribution in [1.82, 2.24) is 0 Å². The molecule has 1 saturated carbocycles. The quantitative estimate of drug-likeness (QED) is 0.0416. The van der Waals surface area contributed by atoms with E-state index in [1.54, 1.807) is 0 Å². The van der Waals surface area contributed by atoms with E-state index in [0.717, 1.165) is 83.5 Å². The maximum absolute atomic E-state index is 16.0. The third kappa shape index (κ3) is 11.7. The summed E-state index contributed by atoms with van der Waals surface area (Å²) >= 11 is 0. The highest BCUT2D eigenvalue weighted by atomic mass is 28.4. The first-order valence-corrected chi connectivity index (χ1v) is 29.4. The molecule has 0 spiro atoms. The van der Waals surface area contributed by atoms with Gasteiger partial charge in [0.25, 0.3) is 8.32 Å². The summed E-state index contributed by atoms with van der Waals surface area (Å²) in [6.07, 6.45) is 16.2. The van der Waals surface area contributed by atoms with Crippen LogP contribution in [0.4, 0.5) is 26.3 Å². The minimum atomic E-state index is -3.00. The summed E-state index contributed by atoms with van der Waals surface area (Å²) in [5.74, 6) is -9.80. The normalized spacial score (nSPS) is 16.4. The molecule has 2 aliphatic carbocycles. The number of benzene rings is 1. The molecule has 0 bridgehead atoms. The fourth-order valence-electron chi connectivity index (χ4n) is 8.58. The Kier molecular flexibility index (Phi) is 18.4. The van der Waals surface area contributed by atoms with Gasteiger partial charge in [0.15, 0.2) is 29.0 Å². The Bertz CT molecular complexity index is 1210. The number of allylic oxidation sites excluding steroid dienone is 1. The molecule has 51 heavy (non-hydrogen) atoms. The van der Waals surface area contributed by atoms with Crippen LogP contribution in [-0.2, 0) is 0 Å². The average molecular weight is 776 g/mol. The van der Waals surface area contributed by atoms with Crippen molar-refractivity contribution in [3.63, 3.8) is 0 Å². The predicted octanol–water partition coefficient (Wildman–Crippen LogP) is 16.2. The van der Waals surface area contributed by atoms with Crippen LogP contribution in [0.15, 0.2) is 5.83 Å². The molecule has 0 atom stereocenters. The molecule has 1 fully saturated rings. The Morgan fingerprint density at radius 2 is 0.902 bits per heavy atom. The summed E-state index contributed by atoms with van der Waals surface area (Å²) in [6.45, 7) is 14.3. The Hall–Kier alpha value is -1.01. The van der Waals surface area contributed by atoms with Gasteiger partial charge in [-0.3, -0.25) is 0 Å². The third-order valence-corrected chi connectivity index (χ3v) is 28.5. The van der Waals surface area contributed by atoms with Gasteiger partial charge in [0.1, 0.15) is 0 Å². The molecule has 0 heterocycles. The van der Waals surface area contributed by atoms with Crippen LogP contribution in [-0.4, -0.2) is 24.5 Å². The maximum Gasteiger partial charge on any atom is 0.254 e. The smallest absolute Gasteiger partial charge is 0.254 e. The molecule has 1 radical (unpaired) electrons. The first-order valence-electron chi connectivity index (χ1n) is 20.8. The summed E-state index contributed by atoms with van der Waals surface area (Å²) in [5, 5.41) is 0. The SMILES string of the molecule is CC[Si](C)(CC)CCCCCCCC[Si](CCCCCCCC[Si](C)(CC)CC)(Oc1c(F)c(F)c2c(c1F)C(F)=C(F)[C]2F)C1CCCCC1. The van der Waals surface area contributed by atoms with Crippen LogP contribution in [0.5, 0.6) is 5.75 Å². The van der Waals surface area contributed by atoms with Crippen molar-refractivity contribution in [1.29, 1.82) is 0 Å². The predicted molar refractivity (Wildman–Crippen MR) is 212 cm³/mol. The molecule has 0 saturated heterocycles. The highest BCUT2D eigenvalue weighted by molar-refractivity contribution is 6.79. The molecule has 0 unspecified atom stereocenters. The fraction of sp³-hybridized carbons (Fsp3) is 0.780. The number of rotatable bonds is 25. The molecular formula is C41H69F6OSi3. The van der Waals surface area contributed by atoms with Crippen molar-refractivity contribution in [2.45, 2.75) is 204 Å². The number of unbranched alkanes of at least 4 members (excludes halogenated alkanes) is 10. The van der Waals surface area contributed by atoms with E-state index in [1.807, 2.05) is 0 Å². The number of fused-ring (bicyclic) bond motifs is 1. The van der Waals surface area contributed by atoms with Gasteiger partial charge >= 0.3 is 0 Å². The first-order chi connectivity index (χ1) is 24.3. The summed E-state index contributed by atoms with van der Waals surface area (Å²) in [7, 11) is -5.18. The average Bonchev–Trinajstić information content (AvgIpc) is 3.38. The Morgan fingerprint density at radius 3 is 1.33 bits per heavy atom. The topological polar surface area (TPSA) is 9.23 Å². The van der Waals surface area contributed by atoms with E-state index in [0.29, 0.717) is 12.1 Å².